The number of anilines is 1. The van der Waals surface area contributed by atoms with Crippen molar-refractivity contribution in [2.24, 2.45) is 0 Å². The van der Waals surface area contributed by atoms with Gasteiger partial charge in [-0.2, -0.15) is 4.68 Å². The Kier molecular flexibility index (Phi) is 4.72. The van der Waals surface area contributed by atoms with Gasteiger partial charge in [0.05, 0.1) is 17.3 Å². The number of rotatable bonds is 4. The molecule has 0 saturated heterocycles. The largest absolute Gasteiger partial charge is 0.347 e. The molecule has 2 aromatic carbocycles. The van der Waals surface area contributed by atoms with E-state index in [-0.39, 0.29) is 17.9 Å². The van der Waals surface area contributed by atoms with Gasteiger partial charge in [-0.05, 0) is 29.8 Å². The Balaban J connectivity index is 1.95. The van der Waals surface area contributed by atoms with Crippen molar-refractivity contribution < 1.29 is 4.79 Å². The minimum absolute atomic E-state index is 0.128. The van der Waals surface area contributed by atoms with Crippen molar-refractivity contribution in [1.29, 1.82) is 0 Å². The van der Waals surface area contributed by atoms with E-state index in [1.165, 1.54) is 4.68 Å². The zero-order valence-electron chi connectivity index (χ0n) is 13.9. The van der Waals surface area contributed by atoms with Crippen LogP contribution in [0.2, 0.25) is 5.02 Å². The molecule has 128 valence electrons. The number of nitrogens with zero attached hydrogens (tertiary/aromatic N) is 3. The molecule has 3 rings (SSSR count). The van der Waals surface area contributed by atoms with Gasteiger partial charge >= 0.3 is 0 Å². The standard InChI is InChI=1S/C18H17ClN4O2/c1-22(2)18-20-15-6-4-3-5-14(15)17(25)23(18)21-16(24)11-12-7-9-13(19)10-8-12/h3-10H,11H2,1-2H3,(H,21,24). The SMILES string of the molecule is CN(C)c1nc2ccccc2c(=O)n1NC(=O)Cc1ccc(Cl)cc1. The quantitative estimate of drug-likeness (QED) is 0.779. The molecule has 6 nitrogen and oxygen atoms in total. The monoisotopic (exact) mass is 356 g/mol. The zero-order valence-corrected chi connectivity index (χ0v) is 14.6. The first-order valence-corrected chi connectivity index (χ1v) is 8.07. The molecule has 25 heavy (non-hydrogen) atoms. The van der Waals surface area contributed by atoms with Crippen molar-refractivity contribution in [3.63, 3.8) is 0 Å². The number of para-hydroxylation sites is 1. The molecule has 0 spiro atoms. The maximum Gasteiger partial charge on any atom is 0.281 e. The second kappa shape index (κ2) is 6.94. The molecule has 1 heterocycles. The zero-order chi connectivity index (χ0) is 18.0. The molecular formula is C18H17ClN4O2. The summed E-state index contributed by atoms with van der Waals surface area (Å²) in [4.78, 5) is 31.3. The van der Waals surface area contributed by atoms with Gasteiger partial charge in [0.1, 0.15) is 0 Å². The predicted molar refractivity (Wildman–Crippen MR) is 99.9 cm³/mol. The van der Waals surface area contributed by atoms with Gasteiger partial charge in [-0.1, -0.05) is 35.9 Å². The topological polar surface area (TPSA) is 67.2 Å². The van der Waals surface area contributed by atoms with Crippen LogP contribution in [0.3, 0.4) is 0 Å². The van der Waals surface area contributed by atoms with E-state index in [2.05, 4.69) is 10.4 Å². The minimum Gasteiger partial charge on any atom is -0.347 e. The van der Waals surface area contributed by atoms with Crippen LogP contribution in [-0.2, 0) is 11.2 Å². The van der Waals surface area contributed by atoms with E-state index < -0.39 is 0 Å². The fraction of sp³-hybridized carbons (Fsp3) is 0.167. The van der Waals surface area contributed by atoms with Crippen LogP contribution in [0.15, 0.2) is 53.3 Å². The van der Waals surface area contributed by atoms with Gasteiger partial charge in [0.15, 0.2) is 0 Å². The summed E-state index contributed by atoms with van der Waals surface area (Å²) in [6, 6.07) is 14.0. The van der Waals surface area contributed by atoms with Crippen molar-refractivity contribution in [3.8, 4) is 0 Å². The maximum atomic E-state index is 12.8. The molecule has 0 fully saturated rings. The van der Waals surface area contributed by atoms with Crippen LogP contribution in [0.5, 0.6) is 0 Å². The molecule has 0 aliphatic heterocycles. The van der Waals surface area contributed by atoms with Crippen molar-refractivity contribution in [2.45, 2.75) is 6.42 Å². The Morgan fingerprint density at radius 1 is 1.16 bits per heavy atom. The number of fused-ring (bicyclic) bond motifs is 1. The lowest BCUT2D eigenvalue weighted by molar-refractivity contribution is -0.116. The second-order valence-corrected chi connectivity index (χ2v) is 6.24. The molecule has 1 aromatic heterocycles. The van der Waals surface area contributed by atoms with Crippen molar-refractivity contribution in [1.82, 2.24) is 9.66 Å². The van der Waals surface area contributed by atoms with Gasteiger partial charge in [-0.25, -0.2) is 4.98 Å². The molecule has 0 aliphatic rings. The van der Waals surface area contributed by atoms with Gasteiger partial charge in [0, 0.05) is 19.1 Å². The molecule has 0 bridgehead atoms. The van der Waals surface area contributed by atoms with Gasteiger partial charge in [-0.3, -0.25) is 15.0 Å². The third-order valence-corrected chi connectivity index (χ3v) is 3.92. The van der Waals surface area contributed by atoms with Crippen LogP contribution in [0.25, 0.3) is 10.9 Å². The van der Waals surface area contributed by atoms with E-state index in [9.17, 15) is 9.59 Å². The average molecular weight is 357 g/mol. The van der Waals surface area contributed by atoms with Crippen LogP contribution < -0.4 is 15.9 Å². The number of benzene rings is 2. The van der Waals surface area contributed by atoms with Gasteiger partial charge in [0.2, 0.25) is 11.9 Å². The van der Waals surface area contributed by atoms with Crippen LogP contribution in [-0.4, -0.2) is 29.7 Å². The van der Waals surface area contributed by atoms with E-state index >= 15 is 0 Å². The van der Waals surface area contributed by atoms with Crippen molar-refractivity contribution in [2.75, 3.05) is 24.4 Å². The Labute approximate surface area is 149 Å². The summed E-state index contributed by atoms with van der Waals surface area (Å²) in [5.74, 6) is 0.0396. The fourth-order valence-corrected chi connectivity index (χ4v) is 2.60. The highest BCUT2D eigenvalue weighted by Gasteiger charge is 2.15. The number of amides is 1. The summed E-state index contributed by atoms with van der Waals surface area (Å²) in [7, 11) is 3.52. The molecule has 0 atom stereocenters. The molecule has 0 radical (unpaired) electrons. The van der Waals surface area contributed by atoms with Crippen LogP contribution >= 0.6 is 11.6 Å². The fourth-order valence-electron chi connectivity index (χ4n) is 2.47. The number of nitrogens with one attached hydrogen (secondary N) is 1. The van der Waals surface area contributed by atoms with Gasteiger partial charge in [0.25, 0.3) is 5.56 Å². The van der Waals surface area contributed by atoms with E-state index in [1.807, 2.05) is 6.07 Å². The Hall–Kier alpha value is -2.86. The number of carbonyl (C=O) groups excluding carboxylic acids is 1. The molecular weight excluding hydrogens is 340 g/mol. The lowest BCUT2D eigenvalue weighted by Gasteiger charge is -2.19. The second-order valence-electron chi connectivity index (χ2n) is 5.80. The van der Waals surface area contributed by atoms with E-state index in [0.717, 1.165) is 5.56 Å². The first-order chi connectivity index (χ1) is 12.0. The van der Waals surface area contributed by atoms with Gasteiger partial charge in [-0.15, -0.1) is 0 Å². The third-order valence-electron chi connectivity index (χ3n) is 3.67. The number of carbonyl (C=O) groups is 1. The molecule has 3 aromatic rings. The number of hydrogen-bond acceptors (Lipinski definition) is 4. The van der Waals surface area contributed by atoms with Crippen LogP contribution in [0, 0.1) is 0 Å². The Morgan fingerprint density at radius 2 is 1.84 bits per heavy atom. The molecule has 1 N–H and O–H groups in total. The molecule has 0 saturated carbocycles. The molecule has 0 aliphatic carbocycles. The maximum absolute atomic E-state index is 12.8. The summed E-state index contributed by atoms with van der Waals surface area (Å²) in [5.41, 5.74) is 3.71. The van der Waals surface area contributed by atoms with Crippen LogP contribution in [0.4, 0.5) is 5.95 Å². The Bertz CT molecular complexity index is 981. The highest BCUT2D eigenvalue weighted by molar-refractivity contribution is 6.30. The third kappa shape index (κ3) is 3.64. The highest BCUT2D eigenvalue weighted by Crippen LogP contribution is 2.13. The molecule has 0 unspecified atom stereocenters. The number of hydrogen-bond donors (Lipinski definition) is 1. The smallest absolute Gasteiger partial charge is 0.281 e. The average Bonchev–Trinajstić information content (AvgIpc) is 2.59. The van der Waals surface area contributed by atoms with E-state index in [1.54, 1.807) is 61.5 Å². The van der Waals surface area contributed by atoms with E-state index in [0.29, 0.717) is 21.9 Å². The lowest BCUT2D eigenvalue weighted by Crippen LogP contribution is -2.38. The predicted octanol–water partition coefficient (Wildman–Crippen LogP) is 2.43. The molecule has 7 heteroatoms. The minimum atomic E-state index is -0.321. The summed E-state index contributed by atoms with van der Waals surface area (Å²) in [6.07, 6.45) is 0.128. The summed E-state index contributed by atoms with van der Waals surface area (Å²) >= 11 is 5.85. The number of halogens is 1. The number of aromatic nitrogens is 2. The van der Waals surface area contributed by atoms with E-state index in [4.69, 9.17) is 11.6 Å². The van der Waals surface area contributed by atoms with Crippen LogP contribution in [0.1, 0.15) is 5.56 Å². The highest BCUT2D eigenvalue weighted by atomic mass is 35.5. The summed E-state index contributed by atoms with van der Waals surface area (Å²) in [5, 5.41) is 1.05. The normalized spacial score (nSPS) is 10.7. The molecule has 1 amide bonds. The Morgan fingerprint density at radius 3 is 2.52 bits per heavy atom. The van der Waals surface area contributed by atoms with Crippen molar-refractivity contribution in [3.05, 3.63) is 69.5 Å². The summed E-state index contributed by atoms with van der Waals surface area (Å²) < 4.78 is 1.18. The lowest BCUT2D eigenvalue weighted by atomic mass is 10.1. The first-order valence-electron chi connectivity index (χ1n) is 7.69. The van der Waals surface area contributed by atoms with Crippen molar-refractivity contribution >= 4 is 34.4 Å². The first kappa shape index (κ1) is 17.0. The summed E-state index contributed by atoms with van der Waals surface area (Å²) in [6.45, 7) is 0. The van der Waals surface area contributed by atoms with Gasteiger partial charge < -0.3 is 4.90 Å².